The normalized spacial score (nSPS) is 14.8. The molecule has 1 aliphatic rings. The molecule has 0 unspecified atom stereocenters. The molecule has 7 heteroatoms. The fourth-order valence-electron chi connectivity index (χ4n) is 2.94. The summed E-state index contributed by atoms with van der Waals surface area (Å²) in [6.07, 6.45) is 2.29. The smallest absolute Gasteiger partial charge is 0.226 e. The molecule has 1 fully saturated rings. The number of carbonyl (C=O) groups excluding carboxylic acids is 1. The Bertz CT molecular complexity index is 520. The van der Waals surface area contributed by atoms with E-state index in [1.807, 2.05) is 17.0 Å². The Morgan fingerprint density at radius 3 is 2.08 bits per heavy atom. The zero-order valence-electron chi connectivity index (χ0n) is 14.5. The Morgan fingerprint density at radius 2 is 1.67 bits per heavy atom. The van der Waals surface area contributed by atoms with E-state index in [-0.39, 0.29) is 18.3 Å². The van der Waals surface area contributed by atoms with Gasteiger partial charge in [0.25, 0.3) is 0 Å². The molecule has 1 saturated heterocycles. The SMILES string of the molecule is COc1cc(CC(=O)N2CCC(CN)CC2)cc(OC)c1OC.Cl. The van der Waals surface area contributed by atoms with Crippen molar-refractivity contribution in [3.8, 4) is 17.2 Å². The standard InChI is InChI=1S/C17H26N2O4.ClH/c1-21-14-8-13(9-15(22-2)17(14)23-3)10-16(20)19-6-4-12(11-18)5-7-19;/h8-9,12H,4-7,10-11,18H2,1-3H3;1H. The minimum Gasteiger partial charge on any atom is -0.493 e. The van der Waals surface area contributed by atoms with E-state index in [0.29, 0.717) is 36.1 Å². The average molecular weight is 359 g/mol. The second kappa shape index (κ2) is 9.59. The van der Waals surface area contributed by atoms with Crippen LogP contribution in [0.15, 0.2) is 12.1 Å². The molecule has 1 aliphatic heterocycles. The van der Waals surface area contributed by atoms with E-state index in [1.165, 1.54) is 0 Å². The summed E-state index contributed by atoms with van der Waals surface area (Å²) >= 11 is 0. The van der Waals surface area contributed by atoms with Crippen LogP contribution in [0.1, 0.15) is 18.4 Å². The number of halogens is 1. The van der Waals surface area contributed by atoms with Crippen LogP contribution in [-0.2, 0) is 11.2 Å². The fourth-order valence-corrected chi connectivity index (χ4v) is 2.94. The molecule has 24 heavy (non-hydrogen) atoms. The van der Waals surface area contributed by atoms with Crippen LogP contribution in [0.5, 0.6) is 17.2 Å². The number of likely N-dealkylation sites (tertiary alicyclic amines) is 1. The largest absolute Gasteiger partial charge is 0.493 e. The number of ether oxygens (including phenoxy) is 3. The molecule has 6 nitrogen and oxygen atoms in total. The summed E-state index contributed by atoms with van der Waals surface area (Å²) in [6.45, 7) is 2.27. The maximum absolute atomic E-state index is 12.5. The zero-order chi connectivity index (χ0) is 16.8. The quantitative estimate of drug-likeness (QED) is 0.840. The highest BCUT2D eigenvalue weighted by Crippen LogP contribution is 2.38. The topological polar surface area (TPSA) is 74.0 Å². The van der Waals surface area contributed by atoms with Gasteiger partial charge in [-0.3, -0.25) is 4.79 Å². The lowest BCUT2D eigenvalue weighted by Gasteiger charge is -2.31. The predicted octanol–water partition coefficient (Wildman–Crippen LogP) is 1.87. The van der Waals surface area contributed by atoms with Gasteiger partial charge in [0.1, 0.15) is 0 Å². The molecule has 2 N–H and O–H groups in total. The van der Waals surface area contributed by atoms with Gasteiger partial charge >= 0.3 is 0 Å². The van der Waals surface area contributed by atoms with Gasteiger partial charge < -0.3 is 24.8 Å². The summed E-state index contributed by atoms with van der Waals surface area (Å²) in [6, 6.07) is 3.65. The molecule has 2 rings (SSSR count). The third kappa shape index (κ3) is 4.68. The van der Waals surface area contributed by atoms with Gasteiger partial charge in [0.15, 0.2) is 11.5 Å². The molecule has 0 bridgehead atoms. The molecular weight excluding hydrogens is 332 g/mol. The number of benzene rings is 1. The number of rotatable bonds is 6. The second-order valence-corrected chi connectivity index (χ2v) is 5.77. The number of hydrogen-bond acceptors (Lipinski definition) is 5. The van der Waals surface area contributed by atoms with E-state index in [0.717, 1.165) is 31.5 Å². The zero-order valence-corrected chi connectivity index (χ0v) is 15.4. The minimum absolute atomic E-state index is 0. The number of amides is 1. The molecule has 0 atom stereocenters. The Morgan fingerprint density at radius 1 is 1.12 bits per heavy atom. The van der Waals surface area contributed by atoms with Crippen molar-refractivity contribution in [2.45, 2.75) is 19.3 Å². The number of piperidine rings is 1. The van der Waals surface area contributed by atoms with E-state index >= 15 is 0 Å². The van der Waals surface area contributed by atoms with Gasteiger partial charge in [-0.25, -0.2) is 0 Å². The van der Waals surface area contributed by atoms with Crippen molar-refractivity contribution in [3.63, 3.8) is 0 Å². The third-order valence-corrected chi connectivity index (χ3v) is 4.38. The van der Waals surface area contributed by atoms with Crippen molar-refractivity contribution in [2.24, 2.45) is 11.7 Å². The first kappa shape index (κ1) is 20.4. The van der Waals surface area contributed by atoms with Crippen LogP contribution in [0.4, 0.5) is 0 Å². The summed E-state index contributed by atoms with van der Waals surface area (Å²) in [4.78, 5) is 14.4. The summed E-state index contributed by atoms with van der Waals surface area (Å²) < 4.78 is 16.0. The Balaban J connectivity index is 0.00000288. The molecule has 1 aromatic carbocycles. The number of nitrogens with two attached hydrogens (primary N) is 1. The van der Waals surface area contributed by atoms with Crippen molar-refractivity contribution >= 4 is 18.3 Å². The Kier molecular flexibility index (Phi) is 8.15. The van der Waals surface area contributed by atoms with E-state index in [4.69, 9.17) is 19.9 Å². The molecule has 1 aromatic rings. The summed E-state index contributed by atoms with van der Waals surface area (Å²) in [5, 5.41) is 0. The van der Waals surface area contributed by atoms with Crippen molar-refractivity contribution in [3.05, 3.63) is 17.7 Å². The summed E-state index contributed by atoms with van der Waals surface area (Å²) in [5.41, 5.74) is 6.55. The number of nitrogens with zero attached hydrogens (tertiary/aromatic N) is 1. The van der Waals surface area contributed by atoms with Gasteiger partial charge in [-0.2, -0.15) is 0 Å². The van der Waals surface area contributed by atoms with Crippen LogP contribution >= 0.6 is 12.4 Å². The maximum Gasteiger partial charge on any atom is 0.226 e. The Hall–Kier alpha value is -1.66. The molecule has 1 heterocycles. The second-order valence-electron chi connectivity index (χ2n) is 5.77. The summed E-state index contributed by atoms with van der Waals surface area (Å²) in [5.74, 6) is 2.33. The number of methoxy groups -OCH3 is 3. The van der Waals surface area contributed by atoms with Gasteiger partial charge in [0, 0.05) is 13.1 Å². The molecule has 0 radical (unpaired) electrons. The lowest BCUT2D eigenvalue weighted by molar-refractivity contribution is -0.131. The average Bonchev–Trinajstić information content (AvgIpc) is 2.60. The molecule has 0 aliphatic carbocycles. The van der Waals surface area contributed by atoms with Crippen molar-refractivity contribution in [1.29, 1.82) is 0 Å². The summed E-state index contributed by atoms with van der Waals surface area (Å²) in [7, 11) is 4.70. The van der Waals surface area contributed by atoms with Crippen LogP contribution < -0.4 is 19.9 Å². The highest BCUT2D eigenvalue weighted by Gasteiger charge is 2.23. The third-order valence-electron chi connectivity index (χ3n) is 4.38. The van der Waals surface area contributed by atoms with E-state index in [1.54, 1.807) is 21.3 Å². The monoisotopic (exact) mass is 358 g/mol. The van der Waals surface area contributed by atoms with E-state index in [2.05, 4.69) is 0 Å². The van der Waals surface area contributed by atoms with Gasteiger partial charge in [0.2, 0.25) is 11.7 Å². The first-order chi connectivity index (χ1) is 11.1. The molecule has 0 aromatic heterocycles. The van der Waals surface area contributed by atoms with Crippen LogP contribution in [0.25, 0.3) is 0 Å². The van der Waals surface area contributed by atoms with Crippen molar-refractivity contribution < 1.29 is 19.0 Å². The molecule has 136 valence electrons. The first-order valence-corrected chi connectivity index (χ1v) is 7.89. The lowest BCUT2D eigenvalue weighted by atomic mass is 9.96. The van der Waals surface area contributed by atoms with Crippen LogP contribution in [-0.4, -0.2) is 51.8 Å². The van der Waals surface area contributed by atoms with Crippen LogP contribution in [0.2, 0.25) is 0 Å². The van der Waals surface area contributed by atoms with Gasteiger partial charge in [0.05, 0.1) is 27.8 Å². The molecule has 1 amide bonds. The van der Waals surface area contributed by atoms with Crippen molar-refractivity contribution in [1.82, 2.24) is 4.90 Å². The molecule has 0 spiro atoms. The number of hydrogen-bond donors (Lipinski definition) is 1. The predicted molar refractivity (Wildman–Crippen MR) is 95.4 cm³/mol. The van der Waals surface area contributed by atoms with Gasteiger partial charge in [-0.1, -0.05) is 0 Å². The highest BCUT2D eigenvalue weighted by atomic mass is 35.5. The van der Waals surface area contributed by atoms with Gasteiger partial charge in [-0.15, -0.1) is 12.4 Å². The molecule has 0 saturated carbocycles. The van der Waals surface area contributed by atoms with Crippen LogP contribution in [0, 0.1) is 5.92 Å². The van der Waals surface area contributed by atoms with Gasteiger partial charge in [-0.05, 0) is 43.0 Å². The minimum atomic E-state index is 0. The fraction of sp³-hybridized carbons (Fsp3) is 0.588. The first-order valence-electron chi connectivity index (χ1n) is 7.89. The van der Waals surface area contributed by atoms with E-state index in [9.17, 15) is 4.79 Å². The highest BCUT2D eigenvalue weighted by molar-refractivity contribution is 5.85. The maximum atomic E-state index is 12.5. The Labute approximate surface area is 149 Å². The van der Waals surface area contributed by atoms with E-state index < -0.39 is 0 Å². The van der Waals surface area contributed by atoms with Crippen LogP contribution in [0.3, 0.4) is 0 Å². The van der Waals surface area contributed by atoms with Crippen molar-refractivity contribution in [2.75, 3.05) is 41.0 Å². The molecular formula is C17H27ClN2O4. The number of carbonyl (C=O) groups is 1. The lowest BCUT2D eigenvalue weighted by Crippen LogP contribution is -2.40.